The first-order valence-corrected chi connectivity index (χ1v) is 7.54. The lowest BCUT2D eigenvalue weighted by Gasteiger charge is -2.34. The van der Waals surface area contributed by atoms with Gasteiger partial charge in [-0.3, -0.25) is 0 Å². The molecule has 0 aromatic heterocycles. The van der Waals surface area contributed by atoms with Crippen LogP contribution in [0.15, 0.2) is 24.3 Å². The van der Waals surface area contributed by atoms with Crippen molar-refractivity contribution in [1.29, 1.82) is 0 Å². The largest absolute Gasteiger partial charge is 0.382 e. The zero-order chi connectivity index (χ0) is 13.0. The van der Waals surface area contributed by atoms with Gasteiger partial charge in [0.1, 0.15) is 0 Å². The van der Waals surface area contributed by atoms with E-state index in [1.165, 1.54) is 43.4 Å². The van der Waals surface area contributed by atoms with Gasteiger partial charge in [0.2, 0.25) is 0 Å². The number of hydrogen-bond donors (Lipinski definition) is 1. The Hall–Kier alpha value is -0.980. The molecule has 0 aliphatic heterocycles. The molecule has 1 fully saturated rings. The summed E-state index contributed by atoms with van der Waals surface area (Å²) >= 11 is 0. The van der Waals surface area contributed by atoms with Crippen molar-refractivity contribution in [3.63, 3.8) is 0 Å². The monoisotopic (exact) mass is 245 g/mol. The second kappa shape index (κ2) is 6.26. The fourth-order valence-electron chi connectivity index (χ4n) is 3.00. The summed E-state index contributed by atoms with van der Waals surface area (Å²) in [6.45, 7) is 7.00. The highest BCUT2D eigenvalue weighted by Crippen LogP contribution is 2.30. The van der Waals surface area contributed by atoms with E-state index >= 15 is 0 Å². The van der Waals surface area contributed by atoms with E-state index in [0.717, 1.165) is 11.8 Å². The molecule has 2 rings (SSSR count). The minimum absolute atomic E-state index is 0.658. The van der Waals surface area contributed by atoms with Crippen LogP contribution in [0, 0.1) is 11.8 Å². The summed E-state index contributed by atoms with van der Waals surface area (Å²) in [7, 11) is 0. The number of nitrogens with one attached hydrogen (secondary N) is 1. The molecule has 1 aliphatic rings. The van der Waals surface area contributed by atoms with Crippen molar-refractivity contribution in [3.8, 4) is 0 Å². The van der Waals surface area contributed by atoms with Crippen LogP contribution in [0.4, 0.5) is 5.69 Å². The quantitative estimate of drug-likeness (QED) is 0.797. The maximum absolute atomic E-state index is 3.73. The van der Waals surface area contributed by atoms with Crippen LogP contribution in [0.3, 0.4) is 0 Å². The van der Waals surface area contributed by atoms with E-state index in [9.17, 15) is 0 Å². The van der Waals surface area contributed by atoms with Crippen molar-refractivity contribution < 1.29 is 0 Å². The van der Waals surface area contributed by atoms with Crippen molar-refractivity contribution in [3.05, 3.63) is 29.8 Å². The molecule has 3 atom stereocenters. The van der Waals surface area contributed by atoms with E-state index in [1.807, 2.05) is 0 Å². The van der Waals surface area contributed by atoms with Crippen LogP contribution in [0.5, 0.6) is 0 Å². The summed E-state index contributed by atoms with van der Waals surface area (Å²) < 4.78 is 0. The molecule has 1 heteroatoms. The lowest BCUT2D eigenvalue weighted by molar-refractivity contribution is 0.281. The van der Waals surface area contributed by atoms with Crippen molar-refractivity contribution in [2.45, 2.75) is 58.9 Å². The molecule has 18 heavy (non-hydrogen) atoms. The Kier molecular flexibility index (Phi) is 4.68. The van der Waals surface area contributed by atoms with Gasteiger partial charge in [-0.2, -0.15) is 0 Å². The third-order valence-electron chi connectivity index (χ3n) is 4.30. The third kappa shape index (κ3) is 3.51. The van der Waals surface area contributed by atoms with Gasteiger partial charge < -0.3 is 5.32 Å². The van der Waals surface area contributed by atoms with Gasteiger partial charge in [0.15, 0.2) is 0 Å². The molecule has 0 amide bonds. The summed E-state index contributed by atoms with van der Waals surface area (Å²) in [5, 5.41) is 3.73. The van der Waals surface area contributed by atoms with Gasteiger partial charge in [0.05, 0.1) is 0 Å². The van der Waals surface area contributed by atoms with Crippen LogP contribution in [0.25, 0.3) is 0 Å². The average Bonchev–Trinajstić information content (AvgIpc) is 2.37. The van der Waals surface area contributed by atoms with Gasteiger partial charge in [0.25, 0.3) is 0 Å². The maximum atomic E-state index is 3.73. The SMILES string of the molecule is CCCc1ccc(NC2CC(C)CCC2C)cc1. The van der Waals surface area contributed by atoms with Crippen LogP contribution in [-0.4, -0.2) is 6.04 Å². The van der Waals surface area contributed by atoms with Gasteiger partial charge in [-0.1, -0.05) is 45.7 Å². The molecule has 100 valence electrons. The van der Waals surface area contributed by atoms with Crippen LogP contribution in [0.2, 0.25) is 0 Å². The minimum atomic E-state index is 0.658. The molecule has 0 heterocycles. The Morgan fingerprint density at radius 1 is 1.11 bits per heavy atom. The summed E-state index contributed by atoms with van der Waals surface area (Å²) in [6, 6.07) is 9.69. The molecular weight excluding hydrogens is 218 g/mol. The molecule has 1 aromatic carbocycles. The molecule has 0 radical (unpaired) electrons. The minimum Gasteiger partial charge on any atom is -0.382 e. The second-order valence-electron chi connectivity index (χ2n) is 6.09. The van der Waals surface area contributed by atoms with E-state index in [0.29, 0.717) is 6.04 Å². The lowest BCUT2D eigenvalue weighted by Crippen LogP contribution is -2.33. The maximum Gasteiger partial charge on any atom is 0.0342 e. The number of rotatable bonds is 4. The van der Waals surface area contributed by atoms with E-state index in [4.69, 9.17) is 0 Å². The molecule has 1 saturated carbocycles. The van der Waals surface area contributed by atoms with Gasteiger partial charge in [-0.15, -0.1) is 0 Å². The molecular formula is C17H27N. The van der Waals surface area contributed by atoms with E-state index in [2.05, 4.69) is 50.4 Å². The fourth-order valence-corrected chi connectivity index (χ4v) is 3.00. The van der Waals surface area contributed by atoms with Gasteiger partial charge >= 0.3 is 0 Å². The molecule has 1 nitrogen and oxygen atoms in total. The Balaban J connectivity index is 1.95. The van der Waals surface area contributed by atoms with E-state index < -0.39 is 0 Å². The van der Waals surface area contributed by atoms with Crippen molar-refractivity contribution in [2.75, 3.05) is 5.32 Å². The Labute approximate surface area is 112 Å². The first-order valence-electron chi connectivity index (χ1n) is 7.54. The topological polar surface area (TPSA) is 12.0 Å². The van der Waals surface area contributed by atoms with E-state index in [-0.39, 0.29) is 0 Å². The van der Waals surface area contributed by atoms with Crippen LogP contribution in [0.1, 0.15) is 52.0 Å². The number of hydrogen-bond acceptors (Lipinski definition) is 1. The van der Waals surface area contributed by atoms with Crippen molar-refractivity contribution in [2.24, 2.45) is 11.8 Å². The van der Waals surface area contributed by atoms with Gasteiger partial charge in [-0.05, 0) is 48.8 Å². The first kappa shape index (κ1) is 13.5. The predicted molar refractivity (Wildman–Crippen MR) is 80.0 cm³/mol. The van der Waals surface area contributed by atoms with Crippen LogP contribution < -0.4 is 5.32 Å². The Bertz CT molecular complexity index is 354. The molecule has 1 aromatic rings. The van der Waals surface area contributed by atoms with Crippen molar-refractivity contribution >= 4 is 5.69 Å². The Morgan fingerprint density at radius 3 is 2.50 bits per heavy atom. The molecule has 1 N–H and O–H groups in total. The zero-order valence-corrected chi connectivity index (χ0v) is 12.1. The van der Waals surface area contributed by atoms with Crippen LogP contribution in [-0.2, 0) is 6.42 Å². The number of aryl methyl sites for hydroxylation is 1. The highest BCUT2D eigenvalue weighted by Gasteiger charge is 2.25. The number of benzene rings is 1. The molecule has 0 bridgehead atoms. The van der Waals surface area contributed by atoms with Crippen LogP contribution >= 0.6 is 0 Å². The van der Waals surface area contributed by atoms with Gasteiger partial charge in [0, 0.05) is 11.7 Å². The lowest BCUT2D eigenvalue weighted by atomic mass is 9.80. The van der Waals surface area contributed by atoms with Gasteiger partial charge in [-0.25, -0.2) is 0 Å². The molecule has 1 aliphatic carbocycles. The molecule has 0 spiro atoms. The smallest absolute Gasteiger partial charge is 0.0342 e. The fraction of sp³-hybridized carbons (Fsp3) is 0.647. The summed E-state index contributed by atoms with van der Waals surface area (Å²) in [4.78, 5) is 0. The standard InChI is InChI=1S/C17H27N/c1-4-5-15-8-10-16(11-9-15)18-17-12-13(2)6-7-14(17)3/h8-11,13-14,17-18H,4-7,12H2,1-3H3. The summed E-state index contributed by atoms with van der Waals surface area (Å²) in [5.74, 6) is 1.68. The highest BCUT2D eigenvalue weighted by atomic mass is 14.9. The Morgan fingerprint density at radius 2 is 1.83 bits per heavy atom. The van der Waals surface area contributed by atoms with Crippen molar-refractivity contribution in [1.82, 2.24) is 0 Å². The zero-order valence-electron chi connectivity index (χ0n) is 12.1. The predicted octanol–water partition coefficient (Wildman–Crippen LogP) is 4.88. The normalized spacial score (nSPS) is 28.1. The third-order valence-corrected chi connectivity index (χ3v) is 4.30. The summed E-state index contributed by atoms with van der Waals surface area (Å²) in [5.41, 5.74) is 2.74. The van der Waals surface area contributed by atoms with E-state index in [1.54, 1.807) is 0 Å². The first-order chi connectivity index (χ1) is 8.69. The molecule has 0 saturated heterocycles. The molecule has 3 unspecified atom stereocenters. The number of anilines is 1. The summed E-state index contributed by atoms with van der Waals surface area (Å²) in [6.07, 6.45) is 6.50. The highest BCUT2D eigenvalue weighted by molar-refractivity contribution is 5.45. The average molecular weight is 245 g/mol. The second-order valence-corrected chi connectivity index (χ2v) is 6.09.